The number of pyridine rings is 2. The molecule has 0 unspecified atom stereocenters. The van der Waals surface area contributed by atoms with Gasteiger partial charge in [0.25, 0.3) is 5.56 Å². The number of nitrogens with one attached hydrogen (secondary N) is 1. The number of halogens is 3. The van der Waals surface area contributed by atoms with E-state index in [9.17, 15) is 23.1 Å². The Morgan fingerprint density at radius 2 is 2.04 bits per heavy atom. The van der Waals surface area contributed by atoms with Crippen molar-refractivity contribution in [1.29, 1.82) is 0 Å². The van der Waals surface area contributed by atoms with Gasteiger partial charge in [-0.05, 0) is 25.1 Å². The predicted molar refractivity (Wildman–Crippen MR) is 86.9 cm³/mol. The van der Waals surface area contributed by atoms with Crippen molar-refractivity contribution in [3.63, 3.8) is 0 Å². The van der Waals surface area contributed by atoms with Crippen LogP contribution in [0.5, 0.6) is 5.75 Å². The molecule has 0 radical (unpaired) electrons. The van der Waals surface area contributed by atoms with Crippen LogP contribution in [-0.4, -0.2) is 15.1 Å². The molecule has 2 N–H and O–H groups in total. The first-order valence-electron chi connectivity index (χ1n) is 7.07. The molecular weight excluding hydrogens is 357 g/mol. The highest BCUT2D eigenvalue weighted by atomic mass is 32.1. The van der Waals surface area contributed by atoms with Gasteiger partial charge in [-0.3, -0.25) is 4.79 Å². The van der Waals surface area contributed by atoms with Crippen molar-refractivity contribution < 1.29 is 22.7 Å². The van der Waals surface area contributed by atoms with E-state index in [0.717, 1.165) is 23.5 Å². The van der Waals surface area contributed by atoms with Gasteiger partial charge in [-0.2, -0.15) is 13.2 Å². The van der Waals surface area contributed by atoms with Crippen molar-refractivity contribution in [2.75, 3.05) is 0 Å². The molecular formula is C16H9F3N2O3S. The molecule has 0 spiro atoms. The van der Waals surface area contributed by atoms with E-state index in [0.29, 0.717) is 5.76 Å². The zero-order valence-electron chi connectivity index (χ0n) is 12.6. The molecule has 0 aliphatic rings. The number of hydrogen-bond donors (Lipinski definition) is 2. The molecule has 9 heteroatoms. The fourth-order valence-electron chi connectivity index (χ4n) is 2.67. The molecule has 0 atom stereocenters. The summed E-state index contributed by atoms with van der Waals surface area (Å²) in [6, 6.07) is 4.97. The summed E-state index contributed by atoms with van der Waals surface area (Å²) in [4.78, 5) is 18.2. The second kappa shape index (κ2) is 5.09. The van der Waals surface area contributed by atoms with Crippen LogP contribution < -0.4 is 5.56 Å². The minimum absolute atomic E-state index is 0.0290. The molecule has 0 fully saturated rings. The van der Waals surface area contributed by atoms with E-state index < -0.39 is 17.3 Å². The van der Waals surface area contributed by atoms with Crippen LogP contribution in [0.1, 0.15) is 11.3 Å². The average molecular weight is 366 g/mol. The summed E-state index contributed by atoms with van der Waals surface area (Å²) in [6.07, 6.45) is -4.67. The third-order valence-corrected chi connectivity index (χ3v) is 4.82. The Balaban J connectivity index is 2.16. The van der Waals surface area contributed by atoms with Crippen LogP contribution in [0.4, 0.5) is 13.2 Å². The van der Waals surface area contributed by atoms with Crippen LogP contribution in [0.3, 0.4) is 0 Å². The van der Waals surface area contributed by atoms with Crippen LogP contribution in [0.25, 0.3) is 31.9 Å². The molecule has 128 valence electrons. The fourth-order valence-corrected chi connectivity index (χ4v) is 3.74. The Kier molecular flexibility index (Phi) is 3.20. The van der Waals surface area contributed by atoms with E-state index in [1.54, 1.807) is 13.0 Å². The quantitative estimate of drug-likeness (QED) is 0.522. The first-order valence-corrected chi connectivity index (χ1v) is 7.89. The number of H-pyrrole nitrogens is 1. The molecule has 0 saturated heterocycles. The number of hydrogen-bond acceptors (Lipinski definition) is 5. The van der Waals surface area contributed by atoms with Gasteiger partial charge >= 0.3 is 6.18 Å². The molecule has 0 bridgehead atoms. The highest BCUT2D eigenvalue weighted by Gasteiger charge is 2.35. The highest BCUT2D eigenvalue weighted by molar-refractivity contribution is 7.25. The standard InChI is InChI=1S/C16H9F3N2O3S/c1-6-2-3-10(24-6)8-4-7(16(17,18)19)12-13-14(25-15(12)20-8)9(22)5-11(23)21-13/h2-5H,1H3,(H2,21,22,23). The maximum absolute atomic E-state index is 13.6. The number of nitrogens with zero attached hydrogens (tertiary/aromatic N) is 1. The predicted octanol–water partition coefficient (Wildman–Crippen LogP) is 4.43. The van der Waals surface area contributed by atoms with Crippen LogP contribution in [0, 0.1) is 6.92 Å². The number of alkyl halides is 3. The van der Waals surface area contributed by atoms with Gasteiger partial charge in [-0.1, -0.05) is 0 Å². The van der Waals surface area contributed by atoms with Gasteiger partial charge in [0.2, 0.25) is 0 Å². The molecule has 4 rings (SSSR count). The van der Waals surface area contributed by atoms with E-state index in [1.807, 2.05) is 0 Å². The zero-order valence-corrected chi connectivity index (χ0v) is 13.4. The summed E-state index contributed by atoms with van der Waals surface area (Å²) >= 11 is 0.870. The number of furan rings is 1. The van der Waals surface area contributed by atoms with Gasteiger partial charge in [0.05, 0.1) is 15.8 Å². The molecule has 0 amide bonds. The first-order chi connectivity index (χ1) is 11.7. The zero-order chi connectivity index (χ0) is 17.9. The molecule has 4 aromatic heterocycles. The molecule has 4 aromatic rings. The maximum Gasteiger partial charge on any atom is 0.417 e. The van der Waals surface area contributed by atoms with Gasteiger partial charge in [0.15, 0.2) is 5.76 Å². The first kappa shape index (κ1) is 15.7. The van der Waals surface area contributed by atoms with Crippen LogP contribution in [0.15, 0.2) is 33.5 Å². The number of aromatic amines is 1. The molecule has 0 saturated carbocycles. The number of rotatable bonds is 1. The van der Waals surface area contributed by atoms with Gasteiger partial charge < -0.3 is 14.5 Å². The summed E-state index contributed by atoms with van der Waals surface area (Å²) in [5.41, 5.74) is -1.69. The van der Waals surface area contributed by atoms with Crippen molar-refractivity contribution in [2.24, 2.45) is 0 Å². The smallest absolute Gasteiger partial charge is 0.417 e. The molecule has 5 nitrogen and oxygen atoms in total. The fraction of sp³-hybridized carbons (Fsp3) is 0.125. The Labute approximate surface area is 141 Å². The second-order valence-corrected chi connectivity index (χ2v) is 6.47. The van der Waals surface area contributed by atoms with Gasteiger partial charge in [0, 0.05) is 11.5 Å². The van der Waals surface area contributed by atoms with Gasteiger partial charge in [-0.15, -0.1) is 11.3 Å². The van der Waals surface area contributed by atoms with Crippen molar-refractivity contribution >= 4 is 31.8 Å². The van der Waals surface area contributed by atoms with E-state index >= 15 is 0 Å². The van der Waals surface area contributed by atoms with Crippen molar-refractivity contribution in [3.8, 4) is 17.2 Å². The summed E-state index contributed by atoms with van der Waals surface area (Å²) in [5, 5.41) is 9.66. The summed E-state index contributed by atoms with van der Waals surface area (Å²) < 4.78 is 46.4. The molecule has 25 heavy (non-hydrogen) atoms. The van der Waals surface area contributed by atoms with Gasteiger partial charge in [0.1, 0.15) is 22.0 Å². The van der Waals surface area contributed by atoms with Crippen LogP contribution in [0.2, 0.25) is 0 Å². The molecule has 4 heterocycles. The number of thiophene rings is 1. The summed E-state index contributed by atoms with van der Waals surface area (Å²) in [6.45, 7) is 1.68. The minimum atomic E-state index is -4.67. The van der Waals surface area contributed by atoms with Crippen LogP contribution >= 0.6 is 11.3 Å². The monoisotopic (exact) mass is 366 g/mol. The Bertz CT molecular complexity index is 1190. The lowest BCUT2D eigenvalue weighted by molar-refractivity contribution is -0.136. The van der Waals surface area contributed by atoms with Crippen molar-refractivity contribution in [2.45, 2.75) is 13.1 Å². The Hall–Kier alpha value is -2.81. The van der Waals surface area contributed by atoms with E-state index in [1.165, 1.54) is 6.07 Å². The van der Waals surface area contributed by atoms with E-state index in [4.69, 9.17) is 4.42 Å². The Morgan fingerprint density at radius 3 is 2.68 bits per heavy atom. The number of aromatic hydroxyl groups is 1. The molecule has 0 aliphatic carbocycles. The lowest BCUT2D eigenvalue weighted by atomic mass is 10.1. The lowest BCUT2D eigenvalue weighted by Gasteiger charge is -2.10. The Morgan fingerprint density at radius 1 is 1.28 bits per heavy atom. The number of fused-ring (bicyclic) bond motifs is 3. The highest BCUT2D eigenvalue weighted by Crippen LogP contribution is 2.44. The van der Waals surface area contributed by atoms with E-state index in [2.05, 4.69) is 9.97 Å². The largest absolute Gasteiger partial charge is 0.506 e. The normalized spacial score (nSPS) is 12.3. The average Bonchev–Trinajstić information content (AvgIpc) is 3.09. The molecule has 0 aliphatic heterocycles. The lowest BCUT2D eigenvalue weighted by Crippen LogP contribution is -2.08. The third kappa shape index (κ3) is 2.47. The number of aromatic nitrogens is 2. The van der Waals surface area contributed by atoms with Crippen LogP contribution in [-0.2, 0) is 6.18 Å². The third-order valence-electron chi connectivity index (χ3n) is 3.71. The molecule has 0 aromatic carbocycles. The van der Waals surface area contributed by atoms with Crippen molar-refractivity contribution in [3.05, 3.63) is 45.9 Å². The SMILES string of the molecule is Cc1ccc(-c2cc(C(F)(F)F)c3c(n2)sc2c(O)cc(=O)[nH]c23)o1. The maximum atomic E-state index is 13.6. The minimum Gasteiger partial charge on any atom is -0.506 e. The topological polar surface area (TPSA) is 79.1 Å². The van der Waals surface area contributed by atoms with E-state index in [-0.39, 0.29) is 37.6 Å². The number of aryl methyl sites for hydroxylation is 1. The van der Waals surface area contributed by atoms with Gasteiger partial charge in [-0.25, -0.2) is 4.98 Å². The second-order valence-electron chi connectivity index (χ2n) is 5.47. The summed E-state index contributed by atoms with van der Waals surface area (Å²) in [5.74, 6) is 0.370. The van der Waals surface area contributed by atoms with Crippen molar-refractivity contribution in [1.82, 2.24) is 9.97 Å². The summed E-state index contributed by atoms with van der Waals surface area (Å²) in [7, 11) is 0.